The molecule has 2 aromatic rings. The van der Waals surface area contributed by atoms with E-state index in [-0.39, 0.29) is 12.5 Å². The molecule has 19 heavy (non-hydrogen) atoms. The van der Waals surface area contributed by atoms with Crippen molar-refractivity contribution in [1.82, 2.24) is 15.1 Å². The molecule has 0 radical (unpaired) electrons. The lowest BCUT2D eigenvalue weighted by molar-refractivity contribution is 0.0527. The average Bonchev–Trinajstić information content (AvgIpc) is 2.95. The van der Waals surface area contributed by atoms with Gasteiger partial charge >= 0.3 is 0 Å². The van der Waals surface area contributed by atoms with E-state index in [4.69, 9.17) is 0 Å². The Bertz CT molecular complexity index is 591. The van der Waals surface area contributed by atoms with Crippen LogP contribution in [0.4, 0.5) is 0 Å². The van der Waals surface area contributed by atoms with Crippen molar-refractivity contribution < 1.29 is 9.90 Å². The van der Waals surface area contributed by atoms with E-state index < -0.39 is 5.60 Å². The van der Waals surface area contributed by atoms with Gasteiger partial charge in [-0.2, -0.15) is 5.10 Å². The van der Waals surface area contributed by atoms with Crippen LogP contribution in [0, 0.1) is 0 Å². The molecule has 2 N–H and O–H groups in total. The first kappa shape index (κ1) is 14.2. The average molecular weight is 344 g/mol. The van der Waals surface area contributed by atoms with Gasteiger partial charge in [-0.25, -0.2) is 0 Å². The van der Waals surface area contributed by atoms with E-state index in [0.29, 0.717) is 10.4 Å². The first-order valence-corrected chi connectivity index (χ1v) is 7.30. The standard InChI is InChI=1S/C12H14BrN3O2S/c1-12(18,8-5-15-16(2)6-8)7-14-11(17)10-9(13)3-4-19-10/h3-6,18H,7H2,1-2H3,(H,14,17). The van der Waals surface area contributed by atoms with Crippen LogP contribution in [0.2, 0.25) is 0 Å². The summed E-state index contributed by atoms with van der Waals surface area (Å²) in [6, 6.07) is 1.82. The highest BCUT2D eigenvalue weighted by molar-refractivity contribution is 9.10. The molecule has 1 amide bonds. The highest BCUT2D eigenvalue weighted by Gasteiger charge is 2.26. The van der Waals surface area contributed by atoms with Crippen molar-refractivity contribution in [3.63, 3.8) is 0 Å². The Morgan fingerprint density at radius 1 is 1.68 bits per heavy atom. The van der Waals surface area contributed by atoms with Crippen molar-refractivity contribution in [2.75, 3.05) is 6.54 Å². The second-order valence-corrected chi connectivity index (χ2v) is 6.23. The summed E-state index contributed by atoms with van der Waals surface area (Å²) < 4.78 is 2.37. The van der Waals surface area contributed by atoms with Crippen molar-refractivity contribution in [2.24, 2.45) is 7.05 Å². The van der Waals surface area contributed by atoms with Crippen LogP contribution < -0.4 is 5.32 Å². The minimum atomic E-state index is -1.15. The van der Waals surface area contributed by atoms with E-state index in [1.807, 2.05) is 11.4 Å². The molecular weight excluding hydrogens is 330 g/mol. The maximum absolute atomic E-state index is 11.9. The largest absolute Gasteiger partial charge is 0.383 e. The molecule has 0 bridgehead atoms. The van der Waals surface area contributed by atoms with E-state index in [1.54, 1.807) is 31.0 Å². The van der Waals surface area contributed by atoms with Gasteiger partial charge in [0.05, 0.1) is 12.7 Å². The Labute approximate surface area is 123 Å². The first-order valence-electron chi connectivity index (χ1n) is 5.63. The zero-order valence-corrected chi connectivity index (χ0v) is 13.0. The summed E-state index contributed by atoms with van der Waals surface area (Å²) in [4.78, 5) is 12.5. The Morgan fingerprint density at radius 2 is 2.42 bits per heavy atom. The Morgan fingerprint density at radius 3 is 2.95 bits per heavy atom. The van der Waals surface area contributed by atoms with Crippen molar-refractivity contribution in [3.8, 4) is 0 Å². The van der Waals surface area contributed by atoms with Crippen molar-refractivity contribution in [2.45, 2.75) is 12.5 Å². The van der Waals surface area contributed by atoms with E-state index in [1.165, 1.54) is 11.3 Å². The monoisotopic (exact) mass is 343 g/mol. The maximum Gasteiger partial charge on any atom is 0.262 e. The van der Waals surface area contributed by atoms with Crippen LogP contribution in [0.1, 0.15) is 22.2 Å². The predicted molar refractivity (Wildman–Crippen MR) is 77.1 cm³/mol. The fraction of sp³-hybridized carbons (Fsp3) is 0.333. The molecule has 2 heterocycles. The van der Waals surface area contributed by atoms with E-state index >= 15 is 0 Å². The summed E-state index contributed by atoms with van der Waals surface area (Å²) in [6.45, 7) is 1.77. The fourth-order valence-corrected chi connectivity index (χ4v) is 3.06. The van der Waals surface area contributed by atoms with Gasteiger partial charge in [-0.3, -0.25) is 9.48 Å². The smallest absolute Gasteiger partial charge is 0.262 e. The number of halogens is 1. The third-order valence-electron chi connectivity index (χ3n) is 2.74. The molecule has 0 spiro atoms. The van der Waals surface area contributed by atoms with Gasteiger partial charge in [-0.1, -0.05) is 0 Å². The van der Waals surface area contributed by atoms with Gasteiger partial charge in [-0.15, -0.1) is 11.3 Å². The second kappa shape index (κ2) is 5.44. The highest BCUT2D eigenvalue weighted by atomic mass is 79.9. The number of hydrogen-bond donors (Lipinski definition) is 2. The van der Waals surface area contributed by atoms with Crippen molar-refractivity contribution in [3.05, 3.63) is 38.8 Å². The van der Waals surface area contributed by atoms with Gasteiger partial charge < -0.3 is 10.4 Å². The molecule has 2 rings (SSSR count). The molecule has 0 fully saturated rings. The minimum absolute atomic E-state index is 0.127. The molecule has 0 aromatic carbocycles. The number of thiophene rings is 1. The molecule has 0 aliphatic rings. The molecule has 5 nitrogen and oxygen atoms in total. The van der Waals surface area contributed by atoms with E-state index in [2.05, 4.69) is 26.3 Å². The minimum Gasteiger partial charge on any atom is -0.383 e. The molecule has 102 valence electrons. The third-order valence-corrected chi connectivity index (χ3v) is 4.58. The molecule has 0 saturated carbocycles. The summed E-state index contributed by atoms with van der Waals surface area (Å²) in [6.07, 6.45) is 3.32. The second-order valence-electron chi connectivity index (χ2n) is 4.46. The van der Waals surface area contributed by atoms with Gasteiger partial charge in [0, 0.05) is 23.3 Å². The van der Waals surface area contributed by atoms with E-state index in [0.717, 1.165) is 4.47 Å². The van der Waals surface area contributed by atoms with Gasteiger partial charge in [-0.05, 0) is 34.3 Å². The maximum atomic E-state index is 11.9. The molecule has 1 unspecified atom stereocenters. The topological polar surface area (TPSA) is 67.2 Å². The lowest BCUT2D eigenvalue weighted by Crippen LogP contribution is -2.38. The molecule has 0 aliphatic carbocycles. The predicted octanol–water partition coefficient (Wildman–Crippen LogP) is 1.88. The number of carbonyl (C=O) groups is 1. The number of nitrogens with zero attached hydrogens (tertiary/aromatic N) is 2. The summed E-state index contributed by atoms with van der Waals surface area (Å²) >= 11 is 4.66. The van der Waals surface area contributed by atoms with Crippen LogP contribution in [-0.4, -0.2) is 27.3 Å². The number of amides is 1. The van der Waals surface area contributed by atoms with Crippen LogP contribution in [0.5, 0.6) is 0 Å². The number of aromatic nitrogens is 2. The third kappa shape index (κ3) is 3.23. The number of aryl methyl sites for hydroxylation is 1. The molecule has 2 aromatic heterocycles. The number of hydrogen-bond acceptors (Lipinski definition) is 4. The number of aliphatic hydroxyl groups is 1. The number of carbonyl (C=O) groups excluding carboxylic acids is 1. The number of rotatable bonds is 4. The van der Waals surface area contributed by atoms with Gasteiger partial charge in [0.2, 0.25) is 0 Å². The lowest BCUT2D eigenvalue weighted by atomic mass is 10.00. The van der Waals surface area contributed by atoms with Gasteiger partial charge in [0.15, 0.2) is 0 Å². The van der Waals surface area contributed by atoms with Crippen LogP contribution in [0.15, 0.2) is 28.3 Å². The number of nitrogens with one attached hydrogen (secondary N) is 1. The summed E-state index contributed by atoms with van der Waals surface area (Å²) in [5.74, 6) is -0.203. The Balaban J connectivity index is 2.02. The molecule has 0 saturated heterocycles. The first-order chi connectivity index (χ1) is 8.90. The van der Waals surface area contributed by atoms with Crippen molar-refractivity contribution >= 4 is 33.2 Å². The summed E-state index contributed by atoms with van der Waals surface area (Å²) in [7, 11) is 1.78. The van der Waals surface area contributed by atoms with Crippen LogP contribution >= 0.6 is 27.3 Å². The Hall–Kier alpha value is -1.18. The highest BCUT2D eigenvalue weighted by Crippen LogP contribution is 2.23. The molecular formula is C12H14BrN3O2S. The molecule has 7 heteroatoms. The SMILES string of the molecule is Cn1cc(C(C)(O)CNC(=O)c2sccc2Br)cn1. The van der Waals surface area contributed by atoms with Crippen LogP contribution in [0.3, 0.4) is 0 Å². The van der Waals surface area contributed by atoms with Gasteiger partial charge in [0.1, 0.15) is 10.5 Å². The normalized spacial score (nSPS) is 14.1. The lowest BCUT2D eigenvalue weighted by Gasteiger charge is -2.22. The zero-order chi connectivity index (χ0) is 14.0. The van der Waals surface area contributed by atoms with Gasteiger partial charge in [0.25, 0.3) is 5.91 Å². The summed E-state index contributed by atoms with van der Waals surface area (Å²) in [5, 5.41) is 18.9. The fourth-order valence-electron chi connectivity index (χ4n) is 1.59. The van der Waals surface area contributed by atoms with E-state index in [9.17, 15) is 9.90 Å². The molecule has 0 aliphatic heterocycles. The summed E-state index contributed by atoms with van der Waals surface area (Å²) in [5.41, 5.74) is -0.478. The quantitative estimate of drug-likeness (QED) is 0.890. The van der Waals surface area contributed by atoms with Crippen molar-refractivity contribution in [1.29, 1.82) is 0 Å². The Kier molecular flexibility index (Phi) is 4.07. The molecule has 1 atom stereocenters. The van der Waals surface area contributed by atoms with Crippen LogP contribution in [0.25, 0.3) is 0 Å². The van der Waals surface area contributed by atoms with Crippen LogP contribution in [-0.2, 0) is 12.6 Å². The zero-order valence-electron chi connectivity index (χ0n) is 10.6.